The quantitative estimate of drug-likeness (QED) is 0.123. The monoisotopic (exact) mass is 862 g/mol. The van der Waals surface area contributed by atoms with Crippen molar-refractivity contribution < 1.29 is 38.2 Å². The molecule has 0 fully saturated rings. The van der Waals surface area contributed by atoms with Crippen molar-refractivity contribution in [3.05, 3.63) is 143 Å². The molecule has 6 heteroatoms. The zero-order chi connectivity index (χ0) is 43.3. The molecule has 0 spiro atoms. The summed E-state index contributed by atoms with van der Waals surface area (Å²) in [5, 5.41) is 2.44. The first-order valence-electron chi connectivity index (χ1n) is 21.1. The SMILES string of the molecule is [2H]C([2H])([2H])c1c[c-]c(-c2cc(C([2H])([2H])c3ccccc3)c([Si](C)(C)C)cn2)cc1.[2H]C([2H])([2H])c1ccc2c(n1)oc1c(-c3cc(C([2H])([2H])C(C)(C)C)ccn3)[c-]ccc12.[Ir]. The van der Waals surface area contributed by atoms with E-state index in [1.54, 1.807) is 67.0 Å². The fraction of sp³-hybridized carbons (Fsp3) is 0.250. The number of hydrogen-bond donors (Lipinski definition) is 0. The second-order valence-corrected chi connectivity index (χ2v) is 18.9. The van der Waals surface area contributed by atoms with E-state index >= 15 is 0 Å². The van der Waals surface area contributed by atoms with Crippen LogP contribution in [0.4, 0.5) is 0 Å². The number of furan rings is 1. The Bertz CT molecular complexity index is 2610. The minimum Gasteiger partial charge on any atom is -0.486 e. The number of benzene rings is 3. The molecular formula is C44H45IrN3OSi-2. The molecule has 0 saturated heterocycles. The topological polar surface area (TPSA) is 51.8 Å². The molecule has 7 rings (SSSR count). The first-order chi connectivity index (χ1) is 27.3. The van der Waals surface area contributed by atoms with Gasteiger partial charge in [-0.05, 0) is 65.3 Å². The van der Waals surface area contributed by atoms with E-state index in [1.807, 2.05) is 45.0 Å². The fourth-order valence-corrected chi connectivity index (χ4v) is 6.85. The molecule has 0 aliphatic rings. The Hall–Kier alpha value is -4.22. The van der Waals surface area contributed by atoms with Crippen molar-refractivity contribution in [2.45, 2.75) is 66.9 Å². The molecule has 4 heterocycles. The number of hydrogen-bond acceptors (Lipinski definition) is 4. The molecule has 0 atom stereocenters. The number of rotatable bonds is 6. The Morgan fingerprint density at radius 1 is 0.840 bits per heavy atom. The van der Waals surface area contributed by atoms with Crippen LogP contribution >= 0.6 is 0 Å². The second-order valence-electron chi connectivity index (χ2n) is 13.9. The summed E-state index contributed by atoms with van der Waals surface area (Å²) in [4.78, 5) is 13.2. The van der Waals surface area contributed by atoms with Gasteiger partial charge in [0.25, 0.3) is 0 Å². The summed E-state index contributed by atoms with van der Waals surface area (Å²) in [6, 6.07) is 31.9. The van der Waals surface area contributed by atoms with E-state index in [4.69, 9.17) is 18.1 Å². The third-order valence-corrected chi connectivity index (χ3v) is 9.70. The first-order valence-corrected chi connectivity index (χ1v) is 19.6. The molecule has 0 amide bonds. The van der Waals surface area contributed by atoms with E-state index < -0.39 is 39.9 Å². The maximum atomic E-state index is 8.88. The van der Waals surface area contributed by atoms with Crippen molar-refractivity contribution in [1.29, 1.82) is 0 Å². The van der Waals surface area contributed by atoms with Gasteiger partial charge in [0.15, 0.2) is 0 Å². The molecule has 1 radical (unpaired) electrons. The van der Waals surface area contributed by atoms with Gasteiger partial charge in [0, 0.05) is 57.3 Å². The largest absolute Gasteiger partial charge is 0.486 e. The van der Waals surface area contributed by atoms with E-state index in [-0.39, 0.29) is 37.1 Å². The smallest absolute Gasteiger partial charge is 0.216 e. The van der Waals surface area contributed by atoms with Gasteiger partial charge in [-0.1, -0.05) is 112 Å². The first kappa shape index (κ1) is 25.7. The molecule has 0 unspecified atom stereocenters. The molecule has 0 saturated carbocycles. The van der Waals surface area contributed by atoms with Crippen LogP contribution in [-0.2, 0) is 32.9 Å². The normalized spacial score (nSPS) is 15.6. The van der Waals surface area contributed by atoms with Crippen LogP contribution in [0.5, 0.6) is 0 Å². The van der Waals surface area contributed by atoms with Crippen LogP contribution in [0.2, 0.25) is 19.6 Å². The van der Waals surface area contributed by atoms with Crippen LogP contribution < -0.4 is 5.19 Å². The van der Waals surface area contributed by atoms with Crippen molar-refractivity contribution >= 4 is 35.3 Å². The molecule has 50 heavy (non-hydrogen) atoms. The van der Waals surface area contributed by atoms with Crippen LogP contribution in [0.15, 0.2) is 108 Å². The van der Waals surface area contributed by atoms with Crippen LogP contribution in [0, 0.1) is 31.3 Å². The molecular weight excluding hydrogens is 807 g/mol. The number of fused-ring (bicyclic) bond motifs is 3. The average Bonchev–Trinajstić information content (AvgIpc) is 3.55. The van der Waals surface area contributed by atoms with Gasteiger partial charge in [0.2, 0.25) is 5.71 Å². The van der Waals surface area contributed by atoms with Crippen LogP contribution in [0.3, 0.4) is 0 Å². The summed E-state index contributed by atoms with van der Waals surface area (Å²) in [5.41, 5.74) is 4.38. The summed E-state index contributed by atoms with van der Waals surface area (Å²) in [6.45, 7) is 7.58. The summed E-state index contributed by atoms with van der Waals surface area (Å²) in [6.07, 6.45) is 0.119. The second kappa shape index (κ2) is 15.3. The van der Waals surface area contributed by atoms with Crippen LogP contribution in [-0.4, -0.2) is 23.0 Å². The zero-order valence-electron chi connectivity index (χ0n) is 38.9. The van der Waals surface area contributed by atoms with Crippen LogP contribution in [0.1, 0.15) is 62.4 Å². The Balaban J connectivity index is 0.000000224. The fourth-order valence-electron chi connectivity index (χ4n) is 5.46. The van der Waals surface area contributed by atoms with Gasteiger partial charge in [0.1, 0.15) is 0 Å². The molecule has 0 bridgehead atoms. The Labute approximate surface area is 325 Å². The van der Waals surface area contributed by atoms with Gasteiger partial charge in [-0.15, -0.1) is 53.6 Å². The van der Waals surface area contributed by atoms with Crippen LogP contribution in [0.25, 0.3) is 44.6 Å². The Morgan fingerprint density at radius 3 is 2.36 bits per heavy atom. The standard InChI is InChI=1S/C22H21N2O.C22H24NSi.Ir/c1-14-8-9-17-16-6-5-7-18(20(16)25-21(17)24-14)19-12-15(10-11-23-19)13-22(2,3)4;1-17-10-12-19(13-11-17)21-15-20(14-18-8-6-5-7-9-18)22(16-23-21)24(2,3)4;/h5-6,8-12H,13H2,1-4H3;5-12,15-16H,14H2,1-4H3;/q2*-1;/i1D3,13D2;1D3,14D2;. The van der Waals surface area contributed by atoms with E-state index in [9.17, 15) is 0 Å². The summed E-state index contributed by atoms with van der Waals surface area (Å²) in [5.74, 6) is 0. The minimum absolute atomic E-state index is 0. The number of aromatic nitrogens is 3. The summed E-state index contributed by atoms with van der Waals surface area (Å²) < 4.78 is 86.0. The number of pyridine rings is 3. The third kappa shape index (κ3) is 8.92. The summed E-state index contributed by atoms with van der Waals surface area (Å²) in [7, 11) is -1.87. The van der Waals surface area contributed by atoms with Gasteiger partial charge in [-0.2, -0.15) is 0 Å². The maximum absolute atomic E-state index is 8.88. The Kier molecular flexibility index (Phi) is 7.88. The predicted molar refractivity (Wildman–Crippen MR) is 207 cm³/mol. The third-order valence-electron chi connectivity index (χ3n) is 7.69. The van der Waals surface area contributed by atoms with Gasteiger partial charge in [-0.25, -0.2) is 4.98 Å². The molecule has 257 valence electrons. The molecule has 0 aliphatic heterocycles. The minimum atomic E-state index is -2.32. The van der Waals surface area contributed by atoms with E-state index in [0.717, 1.165) is 10.6 Å². The van der Waals surface area contributed by atoms with Gasteiger partial charge >= 0.3 is 0 Å². The Morgan fingerprint density at radius 2 is 1.66 bits per heavy atom. The van der Waals surface area contributed by atoms with Crippen molar-refractivity contribution in [1.82, 2.24) is 15.0 Å². The molecule has 7 aromatic rings. The van der Waals surface area contributed by atoms with Crippen molar-refractivity contribution in [3.8, 4) is 22.5 Å². The van der Waals surface area contributed by atoms with E-state index in [0.29, 0.717) is 50.2 Å². The number of aryl methyl sites for hydroxylation is 2. The molecule has 0 N–H and O–H groups in total. The van der Waals surface area contributed by atoms with Gasteiger partial charge in [-0.3, -0.25) is 0 Å². The average molecular weight is 862 g/mol. The maximum Gasteiger partial charge on any atom is 0.216 e. The van der Waals surface area contributed by atoms with Gasteiger partial charge in [0.05, 0.1) is 13.7 Å². The molecule has 4 nitrogen and oxygen atoms in total. The van der Waals surface area contributed by atoms with E-state index in [2.05, 4.69) is 46.7 Å². The molecule has 3 aromatic carbocycles. The molecule has 4 aromatic heterocycles. The van der Waals surface area contributed by atoms with Crippen molar-refractivity contribution in [2.75, 3.05) is 0 Å². The zero-order valence-corrected chi connectivity index (χ0v) is 32.3. The summed E-state index contributed by atoms with van der Waals surface area (Å²) >= 11 is 0. The number of nitrogens with zero attached hydrogens (tertiary/aromatic N) is 3. The predicted octanol–water partition coefficient (Wildman–Crippen LogP) is 10.7. The van der Waals surface area contributed by atoms with Gasteiger partial charge < -0.3 is 14.4 Å². The van der Waals surface area contributed by atoms with Crippen molar-refractivity contribution in [2.24, 2.45) is 5.41 Å². The molecule has 0 aliphatic carbocycles. The van der Waals surface area contributed by atoms with Crippen molar-refractivity contribution in [3.63, 3.8) is 0 Å². The van der Waals surface area contributed by atoms with E-state index in [1.165, 1.54) is 12.1 Å².